The lowest BCUT2D eigenvalue weighted by Gasteiger charge is -2.28. The Balaban J connectivity index is 2.70. The highest BCUT2D eigenvalue weighted by Crippen LogP contribution is 2.39. The van der Waals surface area contributed by atoms with Crippen molar-refractivity contribution in [3.8, 4) is 5.75 Å². The highest BCUT2D eigenvalue weighted by molar-refractivity contribution is 5.86. The molecule has 0 unspecified atom stereocenters. The first-order valence-corrected chi connectivity index (χ1v) is 14.0. The van der Waals surface area contributed by atoms with Crippen LogP contribution in [0.2, 0.25) is 0 Å². The molecule has 2 rings (SSSR count). The van der Waals surface area contributed by atoms with Gasteiger partial charge < -0.3 is 10.2 Å². The number of benzene rings is 2. The average Bonchev–Trinajstić information content (AvgIpc) is 2.67. The van der Waals surface area contributed by atoms with Crippen LogP contribution in [0.4, 0.5) is 0 Å². The average molecular weight is 521 g/mol. The number of aliphatic carboxylic acids is 1. The Bertz CT molecular complexity index is 1170. The number of hydrogen-bond donors (Lipinski definition) is 2. The number of phenols is 1. The van der Waals surface area contributed by atoms with E-state index in [4.69, 9.17) is 0 Å². The molecule has 0 aliphatic carbocycles. The molecule has 0 saturated heterocycles. The van der Waals surface area contributed by atoms with Gasteiger partial charge in [0.2, 0.25) is 0 Å². The molecule has 0 bridgehead atoms. The minimum Gasteiger partial charge on any atom is -0.507 e. The molecule has 2 aromatic rings. The molecule has 0 spiro atoms. The third kappa shape index (κ3) is 9.33. The number of phenolic OH excluding ortho intramolecular Hbond substituents is 1. The molecule has 0 heterocycles. The number of aromatic hydroxyl groups is 1. The fourth-order valence-electron chi connectivity index (χ4n) is 5.02. The second-order valence-electron chi connectivity index (χ2n) is 15.5. The smallest absolute Gasteiger partial charge is 0.328 e. The van der Waals surface area contributed by atoms with Crippen LogP contribution in [0.5, 0.6) is 5.75 Å². The Labute approximate surface area is 232 Å². The molecule has 2 aromatic carbocycles. The zero-order valence-electron chi connectivity index (χ0n) is 26.1. The molecular formula is C35H52O3. The molecule has 3 heteroatoms. The lowest BCUT2D eigenvalue weighted by molar-refractivity contribution is -0.131. The van der Waals surface area contributed by atoms with E-state index in [2.05, 4.69) is 107 Å². The first kappa shape index (κ1) is 31.7. The SMILES string of the molecule is CC(C)(C)Cc1cc(CCc2cc(C(C)(C)C)cc(C(C)(C)C)c2O)c(C=CC(=O)O)c(CC(C)(C)C)c1. The van der Waals surface area contributed by atoms with E-state index >= 15 is 0 Å². The van der Waals surface area contributed by atoms with Crippen molar-refractivity contribution in [2.24, 2.45) is 10.8 Å². The first-order chi connectivity index (χ1) is 17.1. The van der Waals surface area contributed by atoms with Crippen molar-refractivity contribution in [2.45, 2.75) is 120 Å². The highest BCUT2D eigenvalue weighted by Gasteiger charge is 2.25. The van der Waals surface area contributed by atoms with Crippen molar-refractivity contribution in [1.82, 2.24) is 0 Å². The maximum absolute atomic E-state index is 11.5. The van der Waals surface area contributed by atoms with Crippen LogP contribution < -0.4 is 0 Å². The van der Waals surface area contributed by atoms with Crippen molar-refractivity contribution in [2.75, 3.05) is 0 Å². The van der Waals surface area contributed by atoms with Crippen LogP contribution in [0, 0.1) is 10.8 Å². The van der Waals surface area contributed by atoms with E-state index in [9.17, 15) is 15.0 Å². The van der Waals surface area contributed by atoms with Gasteiger partial charge in [-0.1, -0.05) is 107 Å². The van der Waals surface area contributed by atoms with Crippen LogP contribution >= 0.6 is 0 Å². The van der Waals surface area contributed by atoms with Crippen LogP contribution in [-0.2, 0) is 41.3 Å². The molecule has 0 radical (unpaired) electrons. The molecule has 0 atom stereocenters. The summed E-state index contributed by atoms with van der Waals surface area (Å²) < 4.78 is 0. The van der Waals surface area contributed by atoms with E-state index in [1.807, 2.05) is 0 Å². The number of carbonyl (C=O) groups is 1. The number of aryl methyl sites for hydroxylation is 2. The summed E-state index contributed by atoms with van der Waals surface area (Å²) in [4.78, 5) is 11.5. The minimum absolute atomic E-state index is 0.0374. The van der Waals surface area contributed by atoms with Gasteiger partial charge in [-0.25, -0.2) is 4.79 Å². The Morgan fingerprint density at radius 2 is 1.24 bits per heavy atom. The van der Waals surface area contributed by atoms with Gasteiger partial charge in [0.1, 0.15) is 5.75 Å². The summed E-state index contributed by atoms with van der Waals surface area (Å²) >= 11 is 0. The van der Waals surface area contributed by atoms with Gasteiger partial charge in [0.25, 0.3) is 0 Å². The van der Waals surface area contributed by atoms with Crippen LogP contribution in [0.3, 0.4) is 0 Å². The van der Waals surface area contributed by atoms with Crippen molar-refractivity contribution in [3.63, 3.8) is 0 Å². The summed E-state index contributed by atoms with van der Waals surface area (Å²) in [5, 5.41) is 20.8. The zero-order chi connectivity index (χ0) is 29.3. The molecule has 0 aromatic heterocycles. The fraction of sp³-hybridized carbons (Fsp3) is 0.571. The Morgan fingerprint density at radius 1 is 0.711 bits per heavy atom. The van der Waals surface area contributed by atoms with Crippen LogP contribution in [-0.4, -0.2) is 16.2 Å². The van der Waals surface area contributed by atoms with Gasteiger partial charge in [0, 0.05) is 6.08 Å². The molecule has 0 amide bonds. The molecular weight excluding hydrogens is 468 g/mol. The number of hydrogen-bond acceptors (Lipinski definition) is 2. The van der Waals surface area contributed by atoms with Crippen LogP contribution in [0.25, 0.3) is 6.08 Å². The van der Waals surface area contributed by atoms with E-state index < -0.39 is 5.97 Å². The molecule has 38 heavy (non-hydrogen) atoms. The second kappa shape index (κ2) is 11.3. The van der Waals surface area contributed by atoms with Gasteiger partial charge in [0.05, 0.1) is 0 Å². The first-order valence-electron chi connectivity index (χ1n) is 14.0. The summed E-state index contributed by atoms with van der Waals surface area (Å²) in [7, 11) is 0. The highest BCUT2D eigenvalue weighted by atomic mass is 16.4. The lowest BCUT2D eigenvalue weighted by atomic mass is 9.78. The summed E-state index contributed by atoms with van der Waals surface area (Å²) in [6.07, 6.45) is 6.23. The largest absolute Gasteiger partial charge is 0.507 e. The van der Waals surface area contributed by atoms with Crippen molar-refractivity contribution in [1.29, 1.82) is 0 Å². The van der Waals surface area contributed by atoms with Gasteiger partial charge in [0.15, 0.2) is 0 Å². The minimum atomic E-state index is -0.943. The van der Waals surface area contributed by atoms with Crippen LogP contribution in [0.15, 0.2) is 30.3 Å². The molecule has 2 N–H and O–H groups in total. The molecule has 0 aliphatic rings. The Morgan fingerprint density at radius 3 is 1.71 bits per heavy atom. The monoisotopic (exact) mass is 520 g/mol. The second-order valence-corrected chi connectivity index (χ2v) is 15.5. The predicted molar refractivity (Wildman–Crippen MR) is 162 cm³/mol. The molecule has 0 aliphatic heterocycles. The molecule has 0 fully saturated rings. The Kier molecular flexibility index (Phi) is 9.40. The molecule has 3 nitrogen and oxygen atoms in total. The van der Waals surface area contributed by atoms with Gasteiger partial charge in [-0.05, 0) is 92.4 Å². The number of carboxylic acid groups (broad SMARTS) is 1. The van der Waals surface area contributed by atoms with E-state index in [0.29, 0.717) is 12.2 Å². The van der Waals surface area contributed by atoms with Crippen molar-refractivity contribution >= 4 is 12.0 Å². The van der Waals surface area contributed by atoms with Crippen molar-refractivity contribution in [3.05, 3.63) is 69.3 Å². The predicted octanol–water partition coefficient (Wildman–Crippen LogP) is 9.05. The maximum atomic E-state index is 11.5. The van der Waals surface area contributed by atoms with E-state index in [1.165, 1.54) is 22.8 Å². The fourth-order valence-corrected chi connectivity index (χ4v) is 5.02. The van der Waals surface area contributed by atoms with Crippen molar-refractivity contribution < 1.29 is 15.0 Å². The summed E-state index contributed by atoms with van der Waals surface area (Å²) in [6, 6.07) is 8.85. The third-order valence-electron chi connectivity index (χ3n) is 6.79. The van der Waals surface area contributed by atoms with Crippen LogP contribution in [0.1, 0.15) is 122 Å². The summed E-state index contributed by atoms with van der Waals surface area (Å²) in [5.74, 6) is -0.560. The van der Waals surface area contributed by atoms with Gasteiger partial charge in [-0.15, -0.1) is 0 Å². The molecule has 0 saturated carbocycles. The normalized spacial score (nSPS) is 13.4. The van der Waals surface area contributed by atoms with E-state index in [0.717, 1.165) is 41.5 Å². The van der Waals surface area contributed by atoms with E-state index in [1.54, 1.807) is 6.08 Å². The topological polar surface area (TPSA) is 57.5 Å². The van der Waals surface area contributed by atoms with E-state index in [-0.39, 0.29) is 21.7 Å². The third-order valence-corrected chi connectivity index (χ3v) is 6.79. The zero-order valence-corrected chi connectivity index (χ0v) is 26.1. The van der Waals surface area contributed by atoms with Gasteiger partial charge >= 0.3 is 5.97 Å². The lowest BCUT2D eigenvalue weighted by Crippen LogP contribution is -2.18. The maximum Gasteiger partial charge on any atom is 0.328 e. The summed E-state index contributed by atoms with van der Waals surface area (Å²) in [5.41, 5.74) is 7.73. The number of carboxylic acids is 1. The van der Waals surface area contributed by atoms with Gasteiger partial charge in [-0.3, -0.25) is 0 Å². The molecule has 210 valence electrons. The van der Waals surface area contributed by atoms with Gasteiger partial charge in [-0.2, -0.15) is 0 Å². The number of rotatable bonds is 7. The quantitative estimate of drug-likeness (QED) is 0.358. The standard InChI is InChI=1S/C35H52O3/c1-32(2,3)21-23-17-24(28(15-16-30(36)37)26(18-23)22-33(4,5)6)13-14-25-19-27(34(7,8)9)20-29(31(25)38)35(10,11)12/h15-20,38H,13-14,21-22H2,1-12H3,(H,36,37). The Hall–Kier alpha value is -2.55. The summed E-state index contributed by atoms with van der Waals surface area (Å²) in [6.45, 7) is 26.5.